The van der Waals surface area contributed by atoms with Crippen molar-refractivity contribution in [3.05, 3.63) is 57.6 Å². The van der Waals surface area contributed by atoms with E-state index >= 15 is 0 Å². The lowest BCUT2D eigenvalue weighted by Gasteiger charge is -2.17. The summed E-state index contributed by atoms with van der Waals surface area (Å²) in [6.07, 6.45) is 0.0473. The van der Waals surface area contributed by atoms with Crippen LogP contribution in [0.5, 0.6) is 5.75 Å². The van der Waals surface area contributed by atoms with E-state index < -0.39 is 10.8 Å². The average Bonchev–Trinajstić information content (AvgIpc) is 3.04. The Hall–Kier alpha value is -3.13. The fourth-order valence-corrected chi connectivity index (χ4v) is 3.07. The van der Waals surface area contributed by atoms with Gasteiger partial charge in [0.05, 0.1) is 23.6 Å². The maximum atomic E-state index is 12.6. The number of methoxy groups -OCH3 is 1. The number of carbonyl (C=O) groups excluding carboxylic acids is 2. The van der Waals surface area contributed by atoms with E-state index in [1.807, 2.05) is 0 Å². The summed E-state index contributed by atoms with van der Waals surface area (Å²) in [7, 11) is 1.48. The van der Waals surface area contributed by atoms with Crippen LogP contribution < -0.4 is 15.0 Å². The van der Waals surface area contributed by atoms with Crippen molar-refractivity contribution in [3.8, 4) is 5.75 Å². The number of rotatable bonds is 5. The van der Waals surface area contributed by atoms with Crippen LogP contribution in [0.15, 0.2) is 42.5 Å². The largest absolute Gasteiger partial charge is 0.495 e. The molecule has 0 aliphatic carbocycles. The molecule has 0 saturated carbocycles. The first-order valence-electron chi connectivity index (χ1n) is 8.08. The van der Waals surface area contributed by atoms with Crippen LogP contribution in [-0.2, 0) is 9.59 Å². The van der Waals surface area contributed by atoms with Gasteiger partial charge in [0.2, 0.25) is 11.8 Å². The second-order valence-corrected chi connectivity index (χ2v) is 6.45. The van der Waals surface area contributed by atoms with Gasteiger partial charge in [-0.25, -0.2) is 0 Å². The maximum Gasteiger partial charge on any atom is 0.269 e. The first-order valence-corrected chi connectivity index (χ1v) is 8.46. The van der Waals surface area contributed by atoms with Crippen LogP contribution >= 0.6 is 11.6 Å². The fourth-order valence-electron chi connectivity index (χ4n) is 2.90. The molecule has 1 aliphatic heterocycles. The number of nitrogens with one attached hydrogen (secondary N) is 1. The number of nitro groups is 1. The van der Waals surface area contributed by atoms with Gasteiger partial charge in [0.15, 0.2) is 0 Å². The Morgan fingerprint density at radius 1 is 1.30 bits per heavy atom. The van der Waals surface area contributed by atoms with Crippen LogP contribution in [0.25, 0.3) is 0 Å². The predicted octanol–water partition coefficient (Wildman–Crippen LogP) is 3.25. The minimum Gasteiger partial charge on any atom is -0.495 e. The molecule has 27 heavy (non-hydrogen) atoms. The molecular weight excluding hydrogens is 374 g/mol. The minimum atomic E-state index is -0.559. The number of carbonyl (C=O) groups is 2. The van der Waals surface area contributed by atoms with E-state index in [0.29, 0.717) is 22.1 Å². The normalized spacial score (nSPS) is 16.3. The molecule has 1 atom stereocenters. The number of amides is 2. The third-order valence-corrected chi connectivity index (χ3v) is 4.52. The van der Waals surface area contributed by atoms with Crippen LogP contribution in [-0.4, -0.2) is 30.4 Å². The summed E-state index contributed by atoms with van der Waals surface area (Å²) in [6.45, 7) is 0.186. The summed E-state index contributed by atoms with van der Waals surface area (Å²) in [4.78, 5) is 36.6. The molecule has 2 aromatic rings. The van der Waals surface area contributed by atoms with Gasteiger partial charge in [-0.15, -0.1) is 0 Å². The number of benzene rings is 2. The van der Waals surface area contributed by atoms with E-state index in [-0.39, 0.29) is 30.5 Å². The molecule has 3 rings (SSSR count). The number of hydrogen-bond acceptors (Lipinski definition) is 5. The smallest absolute Gasteiger partial charge is 0.269 e. The van der Waals surface area contributed by atoms with E-state index in [4.69, 9.17) is 16.3 Å². The third-order valence-electron chi connectivity index (χ3n) is 4.29. The van der Waals surface area contributed by atoms with Crippen LogP contribution in [0.4, 0.5) is 17.1 Å². The van der Waals surface area contributed by atoms with Crippen LogP contribution in [0, 0.1) is 16.0 Å². The Balaban J connectivity index is 1.72. The van der Waals surface area contributed by atoms with E-state index in [1.165, 1.54) is 36.3 Å². The lowest BCUT2D eigenvalue weighted by molar-refractivity contribution is -0.384. The molecule has 1 N–H and O–H groups in total. The van der Waals surface area contributed by atoms with Crippen molar-refractivity contribution in [1.82, 2.24) is 0 Å². The molecule has 1 heterocycles. The van der Waals surface area contributed by atoms with Crippen molar-refractivity contribution in [2.24, 2.45) is 5.92 Å². The quantitative estimate of drug-likeness (QED) is 0.624. The molecular formula is C18H16ClN3O5. The molecule has 0 radical (unpaired) electrons. The Morgan fingerprint density at radius 3 is 2.63 bits per heavy atom. The minimum absolute atomic E-state index is 0.0473. The van der Waals surface area contributed by atoms with Crippen molar-refractivity contribution in [1.29, 1.82) is 0 Å². The summed E-state index contributed by atoms with van der Waals surface area (Å²) in [5.41, 5.74) is 0.880. The molecule has 0 spiro atoms. The zero-order chi connectivity index (χ0) is 19.6. The third kappa shape index (κ3) is 4.01. The number of non-ortho nitro benzene ring substituents is 1. The molecule has 2 aromatic carbocycles. The first-order chi connectivity index (χ1) is 12.9. The number of anilines is 2. The zero-order valence-electron chi connectivity index (χ0n) is 14.3. The summed E-state index contributed by atoms with van der Waals surface area (Å²) >= 11 is 5.96. The van der Waals surface area contributed by atoms with E-state index in [0.717, 1.165) is 0 Å². The standard InChI is InChI=1S/C18H16ClN3O5/c1-27-16-7-2-12(19)9-15(16)20-18(24)11-8-17(23)21(10-11)13-3-5-14(6-4-13)22(25)26/h2-7,9,11H,8,10H2,1H3,(H,20,24)/t11-/m0/s1. The molecule has 1 aliphatic rings. The SMILES string of the molecule is COc1ccc(Cl)cc1NC(=O)[C@H]1CC(=O)N(c2ccc([N+](=O)[O-])cc2)C1. The van der Waals surface area contributed by atoms with Crippen LogP contribution in [0.2, 0.25) is 5.02 Å². The molecule has 2 amide bonds. The van der Waals surface area contributed by atoms with Crippen LogP contribution in [0.1, 0.15) is 6.42 Å². The topological polar surface area (TPSA) is 102 Å². The number of nitrogens with zero attached hydrogens (tertiary/aromatic N) is 2. The highest BCUT2D eigenvalue weighted by Gasteiger charge is 2.35. The molecule has 0 bridgehead atoms. The molecule has 8 nitrogen and oxygen atoms in total. The van der Waals surface area contributed by atoms with Gasteiger partial charge < -0.3 is 15.0 Å². The highest BCUT2D eigenvalue weighted by Crippen LogP contribution is 2.31. The second-order valence-electron chi connectivity index (χ2n) is 6.01. The van der Waals surface area contributed by atoms with Gasteiger partial charge in [0.25, 0.3) is 5.69 Å². The van der Waals surface area contributed by atoms with Crippen molar-refractivity contribution in [2.45, 2.75) is 6.42 Å². The van der Waals surface area contributed by atoms with E-state index in [9.17, 15) is 19.7 Å². The number of halogens is 1. The van der Waals surface area contributed by atoms with Gasteiger partial charge in [-0.1, -0.05) is 11.6 Å². The molecule has 0 aromatic heterocycles. The van der Waals surface area contributed by atoms with Crippen molar-refractivity contribution >= 4 is 40.5 Å². The Labute approximate surface area is 159 Å². The fraction of sp³-hybridized carbons (Fsp3) is 0.222. The van der Waals surface area contributed by atoms with Crippen molar-refractivity contribution in [2.75, 3.05) is 23.9 Å². The average molecular weight is 390 g/mol. The highest BCUT2D eigenvalue weighted by molar-refractivity contribution is 6.31. The number of ether oxygens (including phenoxy) is 1. The molecule has 1 fully saturated rings. The zero-order valence-corrected chi connectivity index (χ0v) is 15.1. The van der Waals surface area contributed by atoms with Gasteiger partial charge in [0.1, 0.15) is 5.75 Å². The van der Waals surface area contributed by atoms with Gasteiger partial charge in [0, 0.05) is 35.8 Å². The second kappa shape index (κ2) is 7.63. The van der Waals surface area contributed by atoms with Gasteiger partial charge in [-0.3, -0.25) is 19.7 Å². The Morgan fingerprint density at radius 2 is 2.00 bits per heavy atom. The van der Waals surface area contributed by atoms with E-state index in [2.05, 4.69) is 5.32 Å². The first kappa shape index (κ1) is 18.7. The lowest BCUT2D eigenvalue weighted by atomic mass is 10.1. The van der Waals surface area contributed by atoms with Crippen molar-refractivity contribution < 1.29 is 19.2 Å². The lowest BCUT2D eigenvalue weighted by Crippen LogP contribution is -2.28. The monoisotopic (exact) mass is 389 g/mol. The molecule has 9 heteroatoms. The van der Waals surface area contributed by atoms with Gasteiger partial charge in [-0.2, -0.15) is 0 Å². The summed E-state index contributed by atoms with van der Waals surface area (Å²) in [5.74, 6) is -0.643. The predicted molar refractivity (Wildman–Crippen MR) is 100 cm³/mol. The Bertz CT molecular complexity index is 900. The summed E-state index contributed by atoms with van der Waals surface area (Å²) < 4.78 is 5.20. The molecule has 140 valence electrons. The number of hydrogen-bond donors (Lipinski definition) is 1. The van der Waals surface area contributed by atoms with Crippen LogP contribution in [0.3, 0.4) is 0 Å². The highest BCUT2D eigenvalue weighted by atomic mass is 35.5. The van der Waals surface area contributed by atoms with Crippen molar-refractivity contribution in [3.63, 3.8) is 0 Å². The molecule has 1 saturated heterocycles. The Kier molecular flexibility index (Phi) is 5.27. The van der Waals surface area contributed by atoms with E-state index in [1.54, 1.807) is 18.2 Å². The van der Waals surface area contributed by atoms with Gasteiger partial charge in [-0.05, 0) is 30.3 Å². The molecule has 0 unspecified atom stereocenters. The summed E-state index contributed by atoms with van der Waals surface area (Å²) in [6, 6.07) is 10.5. The number of nitro benzene ring substituents is 1. The maximum absolute atomic E-state index is 12.6. The summed E-state index contributed by atoms with van der Waals surface area (Å²) in [5, 5.41) is 13.9. The van der Waals surface area contributed by atoms with Gasteiger partial charge >= 0.3 is 0 Å².